The van der Waals surface area contributed by atoms with E-state index < -0.39 is 12.0 Å². The van der Waals surface area contributed by atoms with Crippen LogP contribution in [0.4, 0.5) is 11.6 Å². The van der Waals surface area contributed by atoms with Crippen LogP contribution in [0.2, 0.25) is 5.02 Å². The van der Waals surface area contributed by atoms with Crippen LogP contribution >= 0.6 is 11.6 Å². The number of halogens is 1. The normalized spacial score (nSPS) is 20.2. The van der Waals surface area contributed by atoms with Gasteiger partial charge in [-0.2, -0.15) is 10.1 Å². The van der Waals surface area contributed by atoms with E-state index in [0.29, 0.717) is 29.0 Å². The number of nitrogens with zero attached hydrogens (tertiary/aromatic N) is 3. The molecule has 1 aliphatic heterocycles. The minimum Gasteiger partial charge on any atom is -0.504 e. The summed E-state index contributed by atoms with van der Waals surface area (Å²) < 4.78 is 7.23. The van der Waals surface area contributed by atoms with Gasteiger partial charge in [0.05, 0.1) is 18.6 Å². The first kappa shape index (κ1) is 20.0. The molecule has 0 spiro atoms. The van der Waals surface area contributed by atoms with E-state index in [0.717, 1.165) is 5.56 Å². The van der Waals surface area contributed by atoms with Gasteiger partial charge in [-0.15, -0.1) is 0 Å². The van der Waals surface area contributed by atoms with Gasteiger partial charge in [0, 0.05) is 16.8 Å². The average molecular weight is 428 g/mol. The quantitative estimate of drug-likeness (QED) is 0.574. The zero-order valence-corrected chi connectivity index (χ0v) is 17.3. The van der Waals surface area contributed by atoms with Crippen LogP contribution in [0.1, 0.15) is 25.5 Å². The summed E-state index contributed by atoms with van der Waals surface area (Å²) in [7, 11) is 0. The number of aromatic hydroxyl groups is 1. The van der Waals surface area contributed by atoms with Gasteiger partial charge in [0.2, 0.25) is 11.9 Å². The number of amides is 1. The van der Waals surface area contributed by atoms with Crippen LogP contribution in [0.3, 0.4) is 0 Å². The first-order valence-electron chi connectivity index (χ1n) is 9.66. The minimum absolute atomic E-state index is 0.0450. The third kappa shape index (κ3) is 3.78. The van der Waals surface area contributed by atoms with Gasteiger partial charge in [0.15, 0.2) is 11.5 Å². The van der Waals surface area contributed by atoms with Crippen LogP contribution in [-0.4, -0.2) is 38.4 Å². The van der Waals surface area contributed by atoms with Gasteiger partial charge in [-0.3, -0.25) is 4.79 Å². The Labute approximate surface area is 178 Å². The van der Waals surface area contributed by atoms with Gasteiger partial charge in [-0.1, -0.05) is 17.7 Å². The Hall–Kier alpha value is -3.26. The van der Waals surface area contributed by atoms with E-state index in [-0.39, 0.29) is 17.7 Å². The van der Waals surface area contributed by atoms with Gasteiger partial charge < -0.3 is 20.5 Å². The van der Waals surface area contributed by atoms with Crippen molar-refractivity contribution in [2.75, 3.05) is 17.2 Å². The standard InChI is InChI=1S/C21H22ClN5O3/c1-3-30-17-10-13(4-9-16(17)28)19-18(12(2)25-21-23-11-24-27(19)21)20(29)26-15-7-5-14(22)6-8-15/h4-12,18-19,28H,3H2,1-2H3,(H,26,29)(H,23,24,25)/t12-,18+,19-/m0/s1. The Morgan fingerprint density at radius 2 is 2.07 bits per heavy atom. The summed E-state index contributed by atoms with van der Waals surface area (Å²) in [5.41, 5.74) is 1.44. The molecule has 0 bridgehead atoms. The molecule has 1 amide bonds. The summed E-state index contributed by atoms with van der Waals surface area (Å²) in [6.45, 7) is 4.19. The highest BCUT2D eigenvalue weighted by atomic mass is 35.5. The molecule has 30 heavy (non-hydrogen) atoms. The summed E-state index contributed by atoms with van der Waals surface area (Å²) >= 11 is 5.95. The third-order valence-corrected chi connectivity index (χ3v) is 5.36. The van der Waals surface area contributed by atoms with E-state index in [4.69, 9.17) is 16.3 Å². The summed E-state index contributed by atoms with van der Waals surface area (Å²) in [6.07, 6.45) is 1.45. The van der Waals surface area contributed by atoms with Crippen molar-refractivity contribution in [3.05, 3.63) is 59.4 Å². The third-order valence-electron chi connectivity index (χ3n) is 5.11. The first-order valence-corrected chi connectivity index (χ1v) is 10.0. The Balaban J connectivity index is 1.73. The van der Waals surface area contributed by atoms with Crippen molar-refractivity contribution < 1.29 is 14.6 Å². The number of phenolic OH excluding ortho intramolecular Hbond substituents is 1. The topological polar surface area (TPSA) is 101 Å². The van der Waals surface area contributed by atoms with Gasteiger partial charge in [0.25, 0.3) is 0 Å². The van der Waals surface area contributed by atoms with E-state index in [1.54, 1.807) is 47.1 Å². The maximum atomic E-state index is 13.3. The first-order chi connectivity index (χ1) is 14.5. The molecule has 0 fully saturated rings. The summed E-state index contributed by atoms with van der Waals surface area (Å²) in [6, 6.07) is 11.4. The number of phenols is 1. The molecule has 1 aromatic heterocycles. The molecule has 0 radical (unpaired) electrons. The molecule has 156 valence electrons. The van der Waals surface area contributed by atoms with Gasteiger partial charge >= 0.3 is 0 Å². The molecular weight excluding hydrogens is 406 g/mol. The van der Waals surface area contributed by atoms with Crippen molar-refractivity contribution in [3.8, 4) is 11.5 Å². The second-order valence-corrected chi connectivity index (χ2v) is 7.52. The highest BCUT2D eigenvalue weighted by Crippen LogP contribution is 2.39. The van der Waals surface area contributed by atoms with Crippen molar-refractivity contribution in [3.63, 3.8) is 0 Å². The predicted octanol–water partition coefficient (Wildman–Crippen LogP) is 3.69. The average Bonchev–Trinajstić information content (AvgIpc) is 3.18. The number of carbonyl (C=O) groups excluding carboxylic acids is 1. The lowest BCUT2D eigenvalue weighted by Gasteiger charge is -2.37. The molecule has 3 N–H and O–H groups in total. The van der Waals surface area contributed by atoms with Crippen molar-refractivity contribution in [1.29, 1.82) is 0 Å². The second kappa shape index (κ2) is 8.23. The molecule has 2 heterocycles. The molecule has 3 aromatic rings. The minimum atomic E-state index is -0.506. The van der Waals surface area contributed by atoms with Crippen LogP contribution in [0.5, 0.6) is 11.5 Å². The number of hydrogen-bond acceptors (Lipinski definition) is 6. The Morgan fingerprint density at radius 3 is 2.80 bits per heavy atom. The van der Waals surface area contributed by atoms with Crippen LogP contribution in [0.25, 0.3) is 0 Å². The number of ether oxygens (including phenoxy) is 1. The molecule has 9 heteroatoms. The number of nitrogens with one attached hydrogen (secondary N) is 2. The van der Waals surface area contributed by atoms with E-state index in [9.17, 15) is 9.90 Å². The molecule has 3 atom stereocenters. The summed E-state index contributed by atoms with van der Waals surface area (Å²) in [5, 5.41) is 21.2. The van der Waals surface area contributed by atoms with Crippen molar-refractivity contribution in [2.45, 2.75) is 25.9 Å². The zero-order chi connectivity index (χ0) is 21.3. The zero-order valence-electron chi connectivity index (χ0n) is 16.5. The van der Waals surface area contributed by atoms with Gasteiger partial charge in [-0.05, 0) is 55.8 Å². The van der Waals surface area contributed by atoms with Crippen LogP contribution in [0.15, 0.2) is 48.8 Å². The second-order valence-electron chi connectivity index (χ2n) is 7.09. The maximum Gasteiger partial charge on any atom is 0.232 e. The number of rotatable bonds is 5. The molecule has 4 rings (SSSR count). The van der Waals surface area contributed by atoms with Gasteiger partial charge in [0.1, 0.15) is 6.33 Å². The molecule has 1 aliphatic rings. The fourth-order valence-corrected chi connectivity index (χ4v) is 3.87. The highest BCUT2D eigenvalue weighted by Gasteiger charge is 2.41. The number of hydrogen-bond donors (Lipinski definition) is 3. The molecule has 8 nitrogen and oxygen atoms in total. The molecular formula is C21H22ClN5O3. The van der Waals surface area contributed by atoms with Crippen molar-refractivity contribution >= 4 is 29.1 Å². The van der Waals surface area contributed by atoms with Crippen molar-refractivity contribution in [2.24, 2.45) is 5.92 Å². The number of fused-ring (bicyclic) bond motifs is 1. The van der Waals surface area contributed by atoms with Gasteiger partial charge in [-0.25, -0.2) is 4.68 Å². The van der Waals surface area contributed by atoms with E-state index in [2.05, 4.69) is 20.7 Å². The van der Waals surface area contributed by atoms with Crippen LogP contribution < -0.4 is 15.4 Å². The Morgan fingerprint density at radius 1 is 1.30 bits per heavy atom. The van der Waals surface area contributed by atoms with Crippen LogP contribution in [-0.2, 0) is 4.79 Å². The predicted molar refractivity (Wildman–Crippen MR) is 114 cm³/mol. The highest BCUT2D eigenvalue weighted by molar-refractivity contribution is 6.30. The lowest BCUT2D eigenvalue weighted by molar-refractivity contribution is -0.121. The Bertz CT molecular complexity index is 1050. The molecule has 0 aliphatic carbocycles. The summed E-state index contributed by atoms with van der Waals surface area (Å²) in [4.78, 5) is 17.6. The SMILES string of the molecule is CCOc1cc([C@H]2[C@H](C(=O)Nc3ccc(Cl)cc3)[C@H](C)Nc3ncnn32)ccc1O. The Kier molecular flexibility index (Phi) is 5.50. The fourth-order valence-electron chi connectivity index (χ4n) is 3.74. The molecule has 0 saturated carbocycles. The van der Waals surface area contributed by atoms with E-state index in [1.165, 1.54) is 6.33 Å². The lowest BCUT2D eigenvalue weighted by Crippen LogP contribution is -2.46. The number of benzene rings is 2. The van der Waals surface area contributed by atoms with E-state index >= 15 is 0 Å². The molecule has 0 unspecified atom stereocenters. The van der Waals surface area contributed by atoms with Crippen molar-refractivity contribution in [1.82, 2.24) is 14.8 Å². The lowest BCUT2D eigenvalue weighted by atomic mass is 9.85. The van der Waals surface area contributed by atoms with E-state index in [1.807, 2.05) is 13.8 Å². The molecule has 0 saturated heterocycles. The maximum absolute atomic E-state index is 13.3. The fraction of sp³-hybridized carbons (Fsp3) is 0.286. The van der Waals surface area contributed by atoms with Crippen LogP contribution in [0, 0.1) is 5.92 Å². The molecule has 2 aromatic carbocycles. The smallest absolute Gasteiger partial charge is 0.232 e. The number of anilines is 2. The number of aromatic nitrogens is 3. The summed E-state index contributed by atoms with van der Waals surface area (Å²) in [5.74, 6) is 0.306. The monoisotopic (exact) mass is 427 g/mol. The largest absolute Gasteiger partial charge is 0.504 e. The number of carbonyl (C=O) groups is 1.